The number of thiophene rings is 1. The van der Waals surface area contributed by atoms with Gasteiger partial charge in [-0.3, -0.25) is 4.79 Å². The number of ether oxygens (including phenoxy) is 1. The molecule has 3 rings (SSSR count). The molecule has 1 aromatic rings. The van der Waals surface area contributed by atoms with Crippen molar-refractivity contribution >= 4 is 29.7 Å². The monoisotopic (exact) mass is 330 g/mol. The molecule has 4 nitrogen and oxygen atoms in total. The Labute approximate surface area is 136 Å². The van der Waals surface area contributed by atoms with E-state index in [2.05, 4.69) is 27.0 Å². The molecule has 0 aromatic carbocycles. The highest BCUT2D eigenvalue weighted by atomic mass is 35.5. The van der Waals surface area contributed by atoms with Gasteiger partial charge >= 0.3 is 0 Å². The molecule has 1 aliphatic carbocycles. The average Bonchev–Trinajstić information content (AvgIpc) is 2.90. The van der Waals surface area contributed by atoms with Crippen LogP contribution in [0.1, 0.15) is 24.8 Å². The number of methoxy groups -OCH3 is 1. The van der Waals surface area contributed by atoms with Crippen LogP contribution in [0.15, 0.2) is 16.8 Å². The number of carbonyl (C=O) groups is 1. The van der Waals surface area contributed by atoms with E-state index >= 15 is 0 Å². The van der Waals surface area contributed by atoms with Gasteiger partial charge in [-0.1, -0.05) is 0 Å². The zero-order chi connectivity index (χ0) is 14.0. The van der Waals surface area contributed by atoms with Gasteiger partial charge in [0.1, 0.15) is 6.61 Å². The molecule has 0 radical (unpaired) electrons. The normalized spacial score (nSPS) is 22.6. The number of hydrogen-bond acceptors (Lipinski definition) is 4. The molecule has 118 valence electrons. The predicted molar refractivity (Wildman–Crippen MR) is 86.9 cm³/mol. The van der Waals surface area contributed by atoms with Gasteiger partial charge in [-0.25, -0.2) is 0 Å². The molecule has 1 saturated carbocycles. The first-order valence-electron chi connectivity index (χ1n) is 7.25. The van der Waals surface area contributed by atoms with E-state index in [-0.39, 0.29) is 24.9 Å². The fourth-order valence-corrected chi connectivity index (χ4v) is 4.05. The molecule has 2 heterocycles. The van der Waals surface area contributed by atoms with Crippen LogP contribution < -0.4 is 5.32 Å². The fourth-order valence-electron chi connectivity index (χ4n) is 3.39. The van der Waals surface area contributed by atoms with Crippen LogP contribution in [0.4, 0.5) is 0 Å². The molecule has 1 atom stereocenters. The molecular weight excluding hydrogens is 308 g/mol. The summed E-state index contributed by atoms with van der Waals surface area (Å²) in [7, 11) is 1.59. The van der Waals surface area contributed by atoms with Gasteiger partial charge in [0, 0.05) is 19.7 Å². The standard InChI is InChI=1S/C15H22N2O2S.ClH/c1-19-10-14(18)17(9-12-2-7-20-11-12)13-8-15(13)3-5-16-6-4-15;/h2,7,11,13,16H,3-6,8-10H2,1H3;1H. The van der Waals surface area contributed by atoms with Crippen LogP contribution in [0.2, 0.25) is 0 Å². The summed E-state index contributed by atoms with van der Waals surface area (Å²) in [6.07, 6.45) is 3.55. The second-order valence-electron chi connectivity index (χ2n) is 5.92. The minimum absolute atomic E-state index is 0. The smallest absolute Gasteiger partial charge is 0.249 e. The molecular formula is C15H23ClN2O2S. The van der Waals surface area contributed by atoms with Crippen LogP contribution in [-0.2, 0) is 16.1 Å². The first-order valence-corrected chi connectivity index (χ1v) is 8.20. The summed E-state index contributed by atoms with van der Waals surface area (Å²) in [6.45, 7) is 3.09. The summed E-state index contributed by atoms with van der Waals surface area (Å²) in [6, 6.07) is 2.52. The van der Waals surface area contributed by atoms with E-state index < -0.39 is 0 Å². The lowest BCUT2D eigenvalue weighted by molar-refractivity contribution is -0.137. The summed E-state index contributed by atoms with van der Waals surface area (Å²) in [4.78, 5) is 14.4. The molecule has 1 amide bonds. The van der Waals surface area contributed by atoms with Crippen LogP contribution in [0.3, 0.4) is 0 Å². The van der Waals surface area contributed by atoms with Gasteiger partial charge in [-0.05, 0) is 60.2 Å². The maximum Gasteiger partial charge on any atom is 0.249 e. The van der Waals surface area contributed by atoms with Crippen molar-refractivity contribution in [2.24, 2.45) is 5.41 Å². The van der Waals surface area contributed by atoms with Crippen molar-refractivity contribution in [1.82, 2.24) is 10.2 Å². The summed E-state index contributed by atoms with van der Waals surface area (Å²) in [5, 5.41) is 7.61. The third kappa shape index (κ3) is 3.59. The third-order valence-electron chi connectivity index (χ3n) is 4.64. The Bertz CT molecular complexity index is 460. The Hall–Kier alpha value is -0.620. The zero-order valence-electron chi connectivity index (χ0n) is 12.3. The molecule has 1 unspecified atom stereocenters. The topological polar surface area (TPSA) is 41.6 Å². The van der Waals surface area contributed by atoms with Crippen LogP contribution in [0.25, 0.3) is 0 Å². The number of amides is 1. The Morgan fingerprint density at radius 2 is 2.29 bits per heavy atom. The van der Waals surface area contributed by atoms with E-state index in [1.807, 2.05) is 0 Å². The molecule has 1 spiro atoms. The maximum absolute atomic E-state index is 12.4. The predicted octanol–water partition coefficient (Wildman–Crippen LogP) is 2.29. The first-order chi connectivity index (χ1) is 9.75. The lowest BCUT2D eigenvalue weighted by atomic mass is 9.93. The van der Waals surface area contributed by atoms with Crippen molar-refractivity contribution in [2.45, 2.75) is 31.8 Å². The number of piperidine rings is 1. The highest BCUT2D eigenvalue weighted by Crippen LogP contribution is 2.56. The number of nitrogens with one attached hydrogen (secondary N) is 1. The maximum atomic E-state index is 12.4. The van der Waals surface area contributed by atoms with Gasteiger partial charge in [0.15, 0.2) is 0 Å². The summed E-state index contributed by atoms with van der Waals surface area (Å²) in [5.41, 5.74) is 1.61. The molecule has 2 fully saturated rings. The average molecular weight is 331 g/mol. The fraction of sp³-hybridized carbons (Fsp3) is 0.667. The van der Waals surface area contributed by atoms with Crippen molar-refractivity contribution in [3.05, 3.63) is 22.4 Å². The first kappa shape index (κ1) is 16.7. The SMILES string of the molecule is COCC(=O)N(Cc1ccsc1)C1CC12CCNCC2.Cl. The van der Waals surface area contributed by atoms with Crippen molar-refractivity contribution in [2.75, 3.05) is 26.8 Å². The van der Waals surface area contributed by atoms with Crippen molar-refractivity contribution in [1.29, 1.82) is 0 Å². The van der Waals surface area contributed by atoms with Gasteiger partial charge in [-0.15, -0.1) is 12.4 Å². The molecule has 1 aliphatic heterocycles. The van der Waals surface area contributed by atoms with Crippen molar-refractivity contribution in [3.63, 3.8) is 0 Å². The minimum Gasteiger partial charge on any atom is -0.375 e. The Kier molecular flexibility index (Phi) is 5.66. The Balaban J connectivity index is 0.00000161. The van der Waals surface area contributed by atoms with E-state index in [1.54, 1.807) is 18.4 Å². The lowest BCUT2D eigenvalue weighted by Gasteiger charge is -2.29. The highest BCUT2D eigenvalue weighted by Gasteiger charge is 2.57. The van der Waals surface area contributed by atoms with Gasteiger partial charge in [0.2, 0.25) is 5.91 Å². The molecule has 0 bridgehead atoms. The lowest BCUT2D eigenvalue weighted by Crippen LogP contribution is -2.40. The third-order valence-corrected chi connectivity index (χ3v) is 5.38. The summed E-state index contributed by atoms with van der Waals surface area (Å²) >= 11 is 1.69. The van der Waals surface area contributed by atoms with Crippen LogP contribution in [0.5, 0.6) is 0 Å². The summed E-state index contributed by atoms with van der Waals surface area (Å²) < 4.78 is 5.06. The van der Waals surface area contributed by atoms with Gasteiger partial charge in [0.05, 0.1) is 0 Å². The molecule has 2 aliphatic rings. The number of halogens is 1. The van der Waals surface area contributed by atoms with Gasteiger partial charge in [-0.2, -0.15) is 11.3 Å². The molecule has 21 heavy (non-hydrogen) atoms. The van der Waals surface area contributed by atoms with Gasteiger partial charge < -0.3 is 15.0 Å². The Morgan fingerprint density at radius 1 is 1.52 bits per heavy atom. The molecule has 6 heteroatoms. The number of nitrogens with zero attached hydrogens (tertiary/aromatic N) is 1. The summed E-state index contributed by atoms with van der Waals surface area (Å²) in [5.74, 6) is 0.124. The highest BCUT2D eigenvalue weighted by molar-refractivity contribution is 7.07. The van der Waals surface area contributed by atoms with Crippen molar-refractivity contribution in [3.8, 4) is 0 Å². The van der Waals surface area contributed by atoms with E-state index in [9.17, 15) is 4.79 Å². The molecule has 1 N–H and O–H groups in total. The zero-order valence-corrected chi connectivity index (χ0v) is 14.0. The van der Waals surface area contributed by atoms with E-state index in [1.165, 1.54) is 18.4 Å². The van der Waals surface area contributed by atoms with Gasteiger partial charge in [0.25, 0.3) is 0 Å². The largest absolute Gasteiger partial charge is 0.375 e. The van der Waals surface area contributed by atoms with Crippen LogP contribution in [-0.4, -0.2) is 43.7 Å². The Morgan fingerprint density at radius 3 is 2.90 bits per heavy atom. The number of carbonyl (C=O) groups excluding carboxylic acids is 1. The molecule has 1 aromatic heterocycles. The second-order valence-corrected chi connectivity index (χ2v) is 6.70. The number of hydrogen-bond donors (Lipinski definition) is 1. The number of rotatable bonds is 5. The minimum atomic E-state index is 0. The van der Waals surface area contributed by atoms with Crippen LogP contribution in [0, 0.1) is 5.41 Å². The van der Waals surface area contributed by atoms with Crippen LogP contribution >= 0.6 is 23.7 Å². The van der Waals surface area contributed by atoms with E-state index in [0.717, 1.165) is 26.1 Å². The van der Waals surface area contributed by atoms with E-state index in [4.69, 9.17) is 4.74 Å². The quantitative estimate of drug-likeness (QED) is 0.900. The second kappa shape index (κ2) is 7.09. The molecule has 1 saturated heterocycles. The van der Waals surface area contributed by atoms with E-state index in [0.29, 0.717) is 11.5 Å². The van der Waals surface area contributed by atoms with Crippen molar-refractivity contribution < 1.29 is 9.53 Å².